The highest BCUT2D eigenvalue weighted by atomic mass is 15.3. The number of hydrogen-bond donors (Lipinski definition) is 2. The standard InChI is InChI=1S/C21H39N7/c1-16(2)15-28-12-10-19(11-13-28)24-21(23-18-8-6-5-7-9-18)22-14-20-26-25-17(3)27(20)4/h16,18-19H,5-15H2,1-4H3,(H2,22,23,24). The van der Waals surface area contributed by atoms with Crippen molar-refractivity contribution in [2.45, 2.75) is 84.3 Å². The fraction of sp³-hybridized carbons (Fsp3) is 0.857. The molecule has 1 saturated carbocycles. The molecule has 28 heavy (non-hydrogen) atoms. The van der Waals surface area contributed by atoms with Gasteiger partial charge in [0.25, 0.3) is 0 Å². The largest absolute Gasteiger partial charge is 0.354 e. The van der Waals surface area contributed by atoms with Crippen LogP contribution < -0.4 is 10.6 Å². The minimum absolute atomic E-state index is 0.500. The molecule has 2 N–H and O–H groups in total. The molecule has 0 spiro atoms. The van der Waals surface area contributed by atoms with Crippen LogP contribution in [0.25, 0.3) is 0 Å². The minimum atomic E-state index is 0.500. The van der Waals surface area contributed by atoms with Crippen LogP contribution in [-0.2, 0) is 13.6 Å². The molecular formula is C21H39N7. The van der Waals surface area contributed by atoms with Crippen molar-refractivity contribution in [3.05, 3.63) is 11.6 Å². The average molecular weight is 390 g/mol. The van der Waals surface area contributed by atoms with E-state index in [0.29, 0.717) is 18.6 Å². The van der Waals surface area contributed by atoms with Gasteiger partial charge in [0, 0.05) is 38.8 Å². The van der Waals surface area contributed by atoms with Crippen molar-refractivity contribution in [2.75, 3.05) is 19.6 Å². The van der Waals surface area contributed by atoms with Gasteiger partial charge in [0.15, 0.2) is 11.8 Å². The Balaban J connectivity index is 1.59. The van der Waals surface area contributed by atoms with Crippen molar-refractivity contribution in [3.63, 3.8) is 0 Å². The molecule has 7 nitrogen and oxygen atoms in total. The average Bonchev–Trinajstić information content (AvgIpc) is 3.00. The van der Waals surface area contributed by atoms with Crippen LogP contribution in [0.2, 0.25) is 0 Å². The van der Waals surface area contributed by atoms with E-state index in [9.17, 15) is 0 Å². The first-order valence-electron chi connectivity index (χ1n) is 11.2. The number of piperidine rings is 1. The summed E-state index contributed by atoms with van der Waals surface area (Å²) in [6, 6.07) is 1.04. The van der Waals surface area contributed by atoms with Crippen LogP contribution in [0.15, 0.2) is 4.99 Å². The molecule has 0 aromatic carbocycles. The van der Waals surface area contributed by atoms with E-state index < -0.39 is 0 Å². The van der Waals surface area contributed by atoms with Crippen molar-refractivity contribution in [3.8, 4) is 0 Å². The SMILES string of the molecule is Cc1nnc(CN=C(NC2CCCCC2)NC2CCN(CC(C)C)CC2)n1C. The van der Waals surface area contributed by atoms with Gasteiger partial charge in [-0.2, -0.15) is 0 Å². The third-order valence-corrected chi connectivity index (χ3v) is 6.06. The summed E-state index contributed by atoms with van der Waals surface area (Å²) in [7, 11) is 2.01. The Kier molecular flexibility index (Phi) is 7.71. The summed E-state index contributed by atoms with van der Waals surface area (Å²) in [6.07, 6.45) is 8.86. The Labute approximate surface area is 170 Å². The van der Waals surface area contributed by atoms with Gasteiger partial charge in [-0.1, -0.05) is 33.1 Å². The predicted octanol–water partition coefficient (Wildman–Crippen LogP) is 2.61. The van der Waals surface area contributed by atoms with Crippen molar-refractivity contribution in [1.29, 1.82) is 0 Å². The lowest BCUT2D eigenvalue weighted by Gasteiger charge is -2.34. The zero-order chi connectivity index (χ0) is 19.9. The fourth-order valence-corrected chi connectivity index (χ4v) is 4.28. The lowest BCUT2D eigenvalue weighted by atomic mass is 9.95. The van der Waals surface area contributed by atoms with Crippen LogP contribution in [0.4, 0.5) is 0 Å². The molecule has 2 aliphatic rings. The summed E-state index contributed by atoms with van der Waals surface area (Å²) < 4.78 is 2.02. The monoisotopic (exact) mass is 389 g/mol. The number of nitrogens with one attached hydrogen (secondary N) is 2. The Bertz CT molecular complexity index is 623. The van der Waals surface area contributed by atoms with Gasteiger partial charge in [-0.15, -0.1) is 10.2 Å². The van der Waals surface area contributed by atoms with Gasteiger partial charge in [0.1, 0.15) is 12.4 Å². The molecule has 2 fully saturated rings. The van der Waals surface area contributed by atoms with Crippen molar-refractivity contribution in [1.82, 2.24) is 30.3 Å². The highest BCUT2D eigenvalue weighted by Crippen LogP contribution is 2.18. The molecule has 1 aromatic rings. The molecule has 0 radical (unpaired) electrons. The maximum absolute atomic E-state index is 4.88. The topological polar surface area (TPSA) is 70.4 Å². The summed E-state index contributed by atoms with van der Waals surface area (Å²) in [5, 5.41) is 15.9. The molecule has 0 bridgehead atoms. The smallest absolute Gasteiger partial charge is 0.192 e. The molecule has 3 rings (SSSR count). The zero-order valence-electron chi connectivity index (χ0n) is 18.2. The van der Waals surface area contributed by atoms with Crippen LogP contribution in [-0.4, -0.2) is 57.3 Å². The van der Waals surface area contributed by atoms with E-state index in [1.54, 1.807) is 0 Å². The zero-order valence-corrected chi connectivity index (χ0v) is 18.2. The highest BCUT2D eigenvalue weighted by molar-refractivity contribution is 5.80. The Morgan fingerprint density at radius 2 is 1.68 bits per heavy atom. The molecular weight excluding hydrogens is 350 g/mol. The summed E-state index contributed by atoms with van der Waals surface area (Å²) in [5.74, 6) is 3.53. The molecule has 0 unspecified atom stereocenters. The second-order valence-corrected chi connectivity index (χ2v) is 8.98. The van der Waals surface area contributed by atoms with E-state index in [4.69, 9.17) is 4.99 Å². The van der Waals surface area contributed by atoms with E-state index in [0.717, 1.165) is 23.5 Å². The number of likely N-dealkylation sites (tertiary alicyclic amines) is 1. The minimum Gasteiger partial charge on any atom is -0.354 e. The lowest BCUT2D eigenvalue weighted by molar-refractivity contribution is 0.186. The first-order chi connectivity index (χ1) is 13.5. The molecule has 0 amide bonds. The van der Waals surface area contributed by atoms with E-state index in [1.165, 1.54) is 64.6 Å². The normalized spacial score (nSPS) is 20.7. The van der Waals surface area contributed by atoms with E-state index in [2.05, 4.69) is 39.6 Å². The van der Waals surface area contributed by atoms with Crippen LogP contribution in [0.5, 0.6) is 0 Å². The lowest BCUT2D eigenvalue weighted by Crippen LogP contribution is -2.51. The van der Waals surface area contributed by atoms with Gasteiger partial charge in [-0.3, -0.25) is 0 Å². The third kappa shape index (κ3) is 6.19. The number of hydrogen-bond acceptors (Lipinski definition) is 4. The Morgan fingerprint density at radius 3 is 2.25 bits per heavy atom. The number of aromatic nitrogens is 3. The van der Waals surface area contributed by atoms with E-state index in [1.807, 2.05) is 18.5 Å². The second-order valence-electron chi connectivity index (χ2n) is 8.98. The Morgan fingerprint density at radius 1 is 1.04 bits per heavy atom. The Hall–Kier alpha value is -1.63. The first kappa shape index (κ1) is 21.1. The molecule has 1 aromatic heterocycles. The molecule has 2 heterocycles. The summed E-state index contributed by atoms with van der Waals surface area (Å²) in [6.45, 7) is 10.7. The van der Waals surface area contributed by atoms with Gasteiger partial charge in [-0.25, -0.2) is 4.99 Å². The van der Waals surface area contributed by atoms with Crippen molar-refractivity contribution >= 4 is 5.96 Å². The van der Waals surface area contributed by atoms with Crippen LogP contribution >= 0.6 is 0 Å². The van der Waals surface area contributed by atoms with Crippen LogP contribution in [0, 0.1) is 12.8 Å². The van der Waals surface area contributed by atoms with E-state index in [-0.39, 0.29) is 0 Å². The maximum atomic E-state index is 4.88. The number of guanidine groups is 1. The fourth-order valence-electron chi connectivity index (χ4n) is 4.28. The van der Waals surface area contributed by atoms with Crippen molar-refractivity contribution < 1.29 is 0 Å². The molecule has 7 heteroatoms. The van der Waals surface area contributed by atoms with Gasteiger partial charge in [0.2, 0.25) is 0 Å². The van der Waals surface area contributed by atoms with Gasteiger partial charge >= 0.3 is 0 Å². The first-order valence-corrected chi connectivity index (χ1v) is 11.2. The van der Waals surface area contributed by atoms with Crippen molar-refractivity contribution in [2.24, 2.45) is 18.0 Å². The van der Waals surface area contributed by atoms with Crippen LogP contribution in [0.3, 0.4) is 0 Å². The number of nitrogens with zero attached hydrogens (tertiary/aromatic N) is 5. The number of rotatable bonds is 6. The summed E-state index contributed by atoms with van der Waals surface area (Å²) >= 11 is 0. The van der Waals surface area contributed by atoms with Gasteiger partial charge in [0.05, 0.1) is 0 Å². The van der Waals surface area contributed by atoms with Gasteiger partial charge < -0.3 is 20.1 Å². The maximum Gasteiger partial charge on any atom is 0.192 e. The number of aliphatic imine (C=N–C) groups is 1. The molecule has 1 aliphatic heterocycles. The molecule has 1 saturated heterocycles. The summed E-state index contributed by atoms with van der Waals surface area (Å²) in [5.41, 5.74) is 0. The molecule has 158 valence electrons. The van der Waals surface area contributed by atoms with Crippen LogP contribution in [0.1, 0.15) is 70.4 Å². The summed E-state index contributed by atoms with van der Waals surface area (Å²) in [4.78, 5) is 7.48. The highest BCUT2D eigenvalue weighted by Gasteiger charge is 2.22. The van der Waals surface area contributed by atoms with Gasteiger partial charge in [-0.05, 0) is 38.5 Å². The predicted molar refractivity (Wildman–Crippen MR) is 114 cm³/mol. The van der Waals surface area contributed by atoms with E-state index >= 15 is 0 Å². The quantitative estimate of drug-likeness (QED) is 0.578. The second kappa shape index (κ2) is 10.2. The number of aryl methyl sites for hydroxylation is 1. The molecule has 1 aliphatic carbocycles. The third-order valence-electron chi connectivity index (χ3n) is 6.06. The molecule has 0 atom stereocenters.